The Hall–Kier alpha value is -0.610. The maximum atomic E-state index is 10.7. The highest BCUT2D eigenvalue weighted by molar-refractivity contribution is 5.72. The highest BCUT2D eigenvalue weighted by Crippen LogP contribution is 2.02. The van der Waals surface area contributed by atoms with Crippen LogP contribution in [0.4, 0.5) is 0 Å². The number of rotatable bonds is 12. The van der Waals surface area contributed by atoms with Gasteiger partial charge in [-0.2, -0.15) is 0 Å². The number of nitrogens with one attached hydrogen (secondary N) is 3. The first kappa shape index (κ1) is 18.4. The summed E-state index contributed by atoms with van der Waals surface area (Å²) in [6.07, 6.45) is 3.47. The van der Waals surface area contributed by atoms with Crippen molar-refractivity contribution in [2.45, 2.75) is 47.0 Å². The highest BCUT2D eigenvalue weighted by atomic mass is 16.1. The van der Waals surface area contributed by atoms with E-state index in [-0.39, 0.29) is 5.91 Å². The number of carbonyl (C=O) groups is 1. The Bertz CT molecular complexity index is 219. The number of amides is 1. The van der Waals surface area contributed by atoms with E-state index in [9.17, 15) is 4.79 Å². The molecule has 0 aliphatic rings. The fourth-order valence-electron chi connectivity index (χ4n) is 1.86. The summed E-state index contributed by atoms with van der Waals surface area (Å²) in [5.41, 5.74) is 0. The minimum atomic E-state index is 0.0678. The normalized spacial score (nSPS) is 12.7. The molecule has 0 aromatic heterocycles. The third kappa shape index (κ3) is 15.3. The molecule has 19 heavy (non-hydrogen) atoms. The van der Waals surface area contributed by atoms with Gasteiger partial charge >= 0.3 is 0 Å². The summed E-state index contributed by atoms with van der Waals surface area (Å²) in [6.45, 7) is 13.4. The first-order valence-electron chi connectivity index (χ1n) is 7.68. The van der Waals surface area contributed by atoms with Crippen molar-refractivity contribution in [3.05, 3.63) is 0 Å². The summed E-state index contributed by atoms with van der Waals surface area (Å²) in [7, 11) is 0. The van der Waals surface area contributed by atoms with E-state index < -0.39 is 0 Å². The largest absolute Gasteiger partial charge is 0.356 e. The zero-order valence-electron chi connectivity index (χ0n) is 13.2. The van der Waals surface area contributed by atoms with Crippen molar-refractivity contribution >= 4 is 5.91 Å². The van der Waals surface area contributed by atoms with Gasteiger partial charge < -0.3 is 16.0 Å². The van der Waals surface area contributed by atoms with E-state index in [0.717, 1.165) is 51.5 Å². The Labute approximate surface area is 119 Å². The molecule has 1 atom stereocenters. The molecule has 0 aliphatic heterocycles. The maximum Gasteiger partial charge on any atom is 0.216 e. The van der Waals surface area contributed by atoms with Gasteiger partial charge in [0.15, 0.2) is 0 Å². The van der Waals surface area contributed by atoms with Crippen LogP contribution in [-0.4, -0.2) is 38.6 Å². The second-order valence-corrected chi connectivity index (χ2v) is 5.87. The number of hydrogen-bond donors (Lipinski definition) is 3. The molecule has 0 spiro atoms. The van der Waals surface area contributed by atoms with Gasteiger partial charge in [-0.15, -0.1) is 0 Å². The topological polar surface area (TPSA) is 53.2 Å². The van der Waals surface area contributed by atoms with Crippen LogP contribution in [0.3, 0.4) is 0 Å². The SMILES string of the molecule is CC(=O)NCCCC(C)CNCCNCCC(C)C. The van der Waals surface area contributed by atoms with Gasteiger partial charge in [-0.05, 0) is 44.2 Å². The van der Waals surface area contributed by atoms with E-state index in [1.807, 2.05) is 0 Å². The molecule has 0 saturated carbocycles. The fraction of sp³-hybridized carbons (Fsp3) is 0.933. The minimum absolute atomic E-state index is 0.0678. The molecule has 4 heteroatoms. The zero-order valence-corrected chi connectivity index (χ0v) is 13.2. The summed E-state index contributed by atoms with van der Waals surface area (Å²) >= 11 is 0. The predicted octanol–water partition coefficient (Wildman–Crippen LogP) is 1.76. The fourth-order valence-corrected chi connectivity index (χ4v) is 1.86. The number of hydrogen-bond acceptors (Lipinski definition) is 3. The molecule has 114 valence electrons. The standard InChI is InChI=1S/C15H33N3O/c1-13(2)7-9-16-10-11-17-12-14(3)6-5-8-18-15(4)19/h13-14,16-17H,5-12H2,1-4H3,(H,18,19). The molecule has 0 radical (unpaired) electrons. The second kappa shape index (κ2) is 12.4. The third-order valence-corrected chi connectivity index (χ3v) is 3.12. The van der Waals surface area contributed by atoms with Crippen LogP contribution < -0.4 is 16.0 Å². The van der Waals surface area contributed by atoms with Crippen LogP contribution >= 0.6 is 0 Å². The van der Waals surface area contributed by atoms with Crippen molar-refractivity contribution in [1.82, 2.24) is 16.0 Å². The summed E-state index contributed by atoms with van der Waals surface area (Å²) in [5, 5.41) is 9.75. The van der Waals surface area contributed by atoms with Crippen molar-refractivity contribution < 1.29 is 4.79 Å². The molecular weight excluding hydrogens is 238 g/mol. The molecule has 0 aromatic carbocycles. The smallest absolute Gasteiger partial charge is 0.216 e. The van der Waals surface area contributed by atoms with E-state index in [1.54, 1.807) is 6.92 Å². The van der Waals surface area contributed by atoms with Gasteiger partial charge in [0.05, 0.1) is 0 Å². The zero-order chi connectivity index (χ0) is 14.5. The van der Waals surface area contributed by atoms with Gasteiger partial charge in [0.1, 0.15) is 0 Å². The van der Waals surface area contributed by atoms with E-state index in [1.165, 1.54) is 6.42 Å². The summed E-state index contributed by atoms with van der Waals surface area (Å²) in [5.74, 6) is 1.52. The first-order valence-corrected chi connectivity index (χ1v) is 7.68. The van der Waals surface area contributed by atoms with Gasteiger partial charge in [0.2, 0.25) is 5.91 Å². The van der Waals surface area contributed by atoms with Crippen molar-refractivity contribution in [2.24, 2.45) is 11.8 Å². The Morgan fingerprint density at radius 2 is 1.63 bits per heavy atom. The van der Waals surface area contributed by atoms with Crippen molar-refractivity contribution in [3.8, 4) is 0 Å². The third-order valence-electron chi connectivity index (χ3n) is 3.12. The van der Waals surface area contributed by atoms with Gasteiger partial charge in [0.25, 0.3) is 0 Å². The van der Waals surface area contributed by atoms with Crippen molar-refractivity contribution in [1.29, 1.82) is 0 Å². The molecule has 0 aliphatic carbocycles. The molecule has 0 bridgehead atoms. The average Bonchev–Trinajstić information content (AvgIpc) is 2.33. The van der Waals surface area contributed by atoms with E-state index in [2.05, 4.69) is 36.7 Å². The van der Waals surface area contributed by atoms with Crippen LogP contribution in [0, 0.1) is 11.8 Å². The van der Waals surface area contributed by atoms with Crippen LogP contribution in [0.2, 0.25) is 0 Å². The molecule has 0 rings (SSSR count). The van der Waals surface area contributed by atoms with E-state index in [0.29, 0.717) is 5.92 Å². The van der Waals surface area contributed by atoms with Crippen LogP contribution in [0.1, 0.15) is 47.0 Å². The minimum Gasteiger partial charge on any atom is -0.356 e. The summed E-state index contributed by atoms with van der Waals surface area (Å²) in [6, 6.07) is 0. The monoisotopic (exact) mass is 271 g/mol. The lowest BCUT2D eigenvalue weighted by Crippen LogP contribution is -2.31. The quantitative estimate of drug-likeness (QED) is 0.474. The van der Waals surface area contributed by atoms with Crippen LogP contribution in [-0.2, 0) is 4.79 Å². The van der Waals surface area contributed by atoms with E-state index in [4.69, 9.17) is 0 Å². The lowest BCUT2D eigenvalue weighted by atomic mass is 10.1. The lowest BCUT2D eigenvalue weighted by Gasteiger charge is -2.13. The molecule has 1 amide bonds. The Balaban J connectivity index is 3.20. The number of carbonyl (C=O) groups excluding carboxylic acids is 1. The Morgan fingerprint density at radius 1 is 0.947 bits per heavy atom. The van der Waals surface area contributed by atoms with Crippen LogP contribution in [0.25, 0.3) is 0 Å². The molecule has 4 nitrogen and oxygen atoms in total. The van der Waals surface area contributed by atoms with E-state index >= 15 is 0 Å². The van der Waals surface area contributed by atoms with Gasteiger partial charge in [-0.25, -0.2) is 0 Å². The second-order valence-electron chi connectivity index (χ2n) is 5.87. The maximum absolute atomic E-state index is 10.7. The highest BCUT2D eigenvalue weighted by Gasteiger charge is 2.01. The molecular formula is C15H33N3O. The Kier molecular flexibility index (Phi) is 12.0. The van der Waals surface area contributed by atoms with Crippen LogP contribution in [0.15, 0.2) is 0 Å². The molecule has 1 unspecified atom stereocenters. The predicted molar refractivity (Wildman–Crippen MR) is 82.3 cm³/mol. The lowest BCUT2D eigenvalue weighted by molar-refractivity contribution is -0.118. The molecule has 0 saturated heterocycles. The molecule has 0 aromatic rings. The summed E-state index contributed by atoms with van der Waals surface area (Å²) in [4.78, 5) is 10.7. The van der Waals surface area contributed by atoms with Gasteiger partial charge in [0, 0.05) is 26.6 Å². The first-order chi connectivity index (χ1) is 9.02. The molecule has 0 fully saturated rings. The van der Waals surface area contributed by atoms with Gasteiger partial charge in [-0.1, -0.05) is 20.8 Å². The Morgan fingerprint density at radius 3 is 2.26 bits per heavy atom. The molecule has 0 heterocycles. The van der Waals surface area contributed by atoms with Crippen molar-refractivity contribution in [2.75, 3.05) is 32.7 Å². The van der Waals surface area contributed by atoms with Crippen LogP contribution in [0.5, 0.6) is 0 Å². The average molecular weight is 271 g/mol. The van der Waals surface area contributed by atoms with Gasteiger partial charge in [-0.3, -0.25) is 4.79 Å². The molecule has 3 N–H and O–H groups in total. The van der Waals surface area contributed by atoms with Crippen molar-refractivity contribution in [3.63, 3.8) is 0 Å². The summed E-state index contributed by atoms with van der Waals surface area (Å²) < 4.78 is 0.